The van der Waals surface area contributed by atoms with E-state index in [0.29, 0.717) is 11.1 Å². The van der Waals surface area contributed by atoms with Crippen LogP contribution in [0, 0.1) is 0 Å². The topological polar surface area (TPSA) is 80.7 Å². The molecule has 1 unspecified atom stereocenters. The molecule has 0 fully saturated rings. The third-order valence-electron chi connectivity index (χ3n) is 3.73. The molecule has 0 aliphatic carbocycles. The van der Waals surface area contributed by atoms with Crippen molar-refractivity contribution in [2.24, 2.45) is 0 Å². The lowest BCUT2D eigenvalue weighted by Gasteiger charge is -2.22. The second-order valence-electron chi connectivity index (χ2n) is 6.74. The number of rotatable bonds is 6. The number of carbonyl (C=O) groups excluding carboxylic acids is 1. The highest BCUT2D eigenvalue weighted by Gasteiger charge is 2.34. The van der Waals surface area contributed by atoms with Gasteiger partial charge < -0.3 is 4.74 Å². The van der Waals surface area contributed by atoms with Gasteiger partial charge in [-0.1, -0.05) is 53.7 Å². The van der Waals surface area contributed by atoms with Crippen LogP contribution < -0.4 is 4.74 Å². The van der Waals surface area contributed by atoms with Crippen LogP contribution in [0.3, 0.4) is 0 Å². The van der Waals surface area contributed by atoms with Crippen LogP contribution >= 0.6 is 0 Å². The van der Waals surface area contributed by atoms with Gasteiger partial charge in [-0.05, 0) is 34.4 Å². The summed E-state index contributed by atoms with van der Waals surface area (Å²) in [7, 11) is -5.15. The summed E-state index contributed by atoms with van der Waals surface area (Å²) in [4.78, 5) is 11.8. The molecule has 5 nitrogen and oxygen atoms in total. The summed E-state index contributed by atoms with van der Waals surface area (Å²) in [5.41, 5.74) is -0.683. The van der Waals surface area contributed by atoms with Crippen LogP contribution in [0.4, 0.5) is 4.39 Å². The fourth-order valence-electron chi connectivity index (χ4n) is 2.28. The maximum Gasteiger partial charge on any atom is 0.364 e. The van der Waals surface area contributed by atoms with Crippen molar-refractivity contribution in [1.82, 2.24) is 0 Å². The highest BCUT2D eigenvalue weighted by atomic mass is 32.2. The fourth-order valence-corrected chi connectivity index (χ4v) is 2.57. The Hall–Kier alpha value is -1.47. The Balaban J connectivity index is 3.47. The highest BCUT2D eigenvalue weighted by molar-refractivity contribution is 7.87. The average molecular weight is 360 g/mol. The first-order valence-corrected chi connectivity index (χ1v) is 9.36. The van der Waals surface area contributed by atoms with Crippen molar-refractivity contribution in [3.05, 3.63) is 28.8 Å². The van der Waals surface area contributed by atoms with Crippen molar-refractivity contribution in [3.8, 4) is 5.75 Å². The number of benzene rings is 1. The average Bonchev–Trinajstić information content (AvgIpc) is 2.44. The number of halogens is 1. The van der Waals surface area contributed by atoms with E-state index >= 15 is 0 Å². The Kier molecular flexibility index (Phi) is 6.52. The number of alkyl halides is 1. The minimum atomic E-state index is -5.15. The van der Waals surface area contributed by atoms with E-state index in [0.717, 1.165) is 5.56 Å². The van der Waals surface area contributed by atoms with Crippen molar-refractivity contribution in [3.63, 3.8) is 0 Å². The molecule has 0 saturated carbocycles. The smallest absolute Gasteiger partial charge is 0.364 e. The Morgan fingerprint density at radius 1 is 1.00 bits per heavy atom. The molecule has 1 rings (SSSR count). The van der Waals surface area contributed by atoms with Crippen molar-refractivity contribution in [2.75, 3.05) is 0 Å². The SMILES string of the molecule is CC(C)c1cc(C(C)C)c(OC(=O)C(F)S(=O)(=O)O)c(C(C)C)c1. The number of carbonyl (C=O) groups is 1. The summed E-state index contributed by atoms with van der Waals surface area (Å²) < 4.78 is 49.0. The molecule has 7 heteroatoms. The molecule has 24 heavy (non-hydrogen) atoms. The third kappa shape index (κ3) is 4.77. The van der Waals surface area contributed by atoms with E-state index in [1.807, 2.05) is 53.7 Å². The lowest BCUT2D eigenvalue weighted by molar-refractivity contribution is -0.137. The van der Waals surface area contributed by atoms with Crippen LogP contribution in [0.1, 0.15) is 76.0 Å². The van der Waals surface area contributed by atoms with Gasteiger partial charge in [-0.15, -0.1) is 0 Å². The molecular formula is C17H25FO5S. The quantitative estimate of drug-likeness (QED) is 0.468. The largest absolute Gasteiger partial charge is 0.423 e. The molecule has 0 amide bonds. The van der Waals surface area contributed by atoms with Gasteiger partial charge in [-0.25, -0.2) is 9.18 Å². The van der Waals surface area contributed by atoms with E-state index in [1.54, 1.807) is 0 Å². The Bertz CT molecular complexity index is 679. The summed E-state index contributed by atoms with van der Waals surface area (Å²) in [6.45, 7) is 11.7. The molecule has 1 N–H and O–H groups in total. The Morgan fingerprint density at radius 2 is 1.42 bits per heavy atom. The third-order valence-corrected chi connectivity index (χ3v) is 4.44. The van der Waals surface area contributed by atoms with Crippen LogP contribution in [0.5, 0.6) is 5.75 Å². The molecule has 0 aliphatic heterocycles. The normalized spacial score (nSPS) is 13.6. The molecule has 0 bridgehead atoms. The maximum absolute atomic E-state index is 13.5. The summed E-state index contributed by atoms with van der Waals surface area (Å²) in [5, 5.41) is 0. The van der Waals surface area contributed by atoms with Crippen LogP contribution in [0.25, 0.3) is 0 Å². The highest BCUT2D eigenvalue weighted by Crippen LogP contribution is 2.38. The molecule has 0 radical (unpaired) electrons. The van der Waals surface area contributed by atoms with E-state index in [1.165, 1.54) is 0 Å². The molecule has 0 heterocycles. The van der Waals surface area contributed by atoms with Crippen molar-refractivity contribution < 1.29 is 26.9 Å². The lowest BCUT2D eigenvalue weighted by Crippen LogP contribution is -2.30. The molecule has 0 spiro atoms. The number of hydrogen-bond donors (Lipinski definition) is 1. The van der Waals surface area contributed by atoms with Crippen LogP contribution in [-0.4, -0.2) is 24.4 Å². The van der Waals surface area contributed by atoms with Gasteiger partial charge in [0.2, 0.25) is 0 Å². The monoisotopic (exact) mass is 360 g/mol. The summed E-state index contributed by atoms with van der Waals surface area (Å²) in [6, 6.07) is 3.76. The lowest BCUT2D eigenvalue weighted by atomic mass is 9.88. The van der Waals surface area contributed by atoms with Crippen LogP contribution in [0.2, 0.25) is 0 Å². The van der Waals surface area contributed by atoms with Gasteiger partial charge in [0.25, 0.3) is 0 Å². The fraction of sp³-hybridized carbons (Fsp3) is 0.588. The standard InChI is InChI=1S/C17H25FO5S/c1-9(2)12-7-13(10(3)4)15(14(8-12)11(5)6)23-17(19)16(18)24(20,21)22/h7-11,16H,1-6H3,(H,20,21,22). The molecule has 136 valence electrons. The first-order valence-electron chi connectivity index (χ1n) is 7.86. The Morgan fingerprint density at radius 3 is 1.71 bits per heavy atom. The van der Waals surface area contributed by atoms with E-state index in [2.05, 4.69) is 0 Å². The molecule has 1 aromatic carbocycles. The van der Waals surface area contributed by atoms with E-state index in [9.17, 15) is 17.6 Å². The van der Waals surface area contributed by atoms with Crippen molar-refractivity contribution in [1.29, 1.82) is 0 Å². The number of esters is 1. The van der Waals surface area contributed by atoms with Gasteiger partial charge in [0, 0.05) is 0 Å². The predicted molar refractivity (Wildman–Crippen MR) is 90.8 cm³/mol. The van der Waals surface area contributed by atoms with E-state index in [4.69, 9.17) is 9.29 Å². The Labute approximate surface area is 143 Å². The summed E-state index contributed by atoms with van der Waals surface area (Å²) >= 11 is 0. The molecule has 0 aliphatic rings. The minimum absolute atomic E-state index is 0.0206. The molecule has 0 saturated heterocycles. The van der Waals surface area contributed by atoms with Gasteiger partial charge in [0.15, 0.2) is 0 Å². The van der Waals surface area contributed by atoms with Crippen LogP contribution in [-0.2, 0) is 14.9 Å². The molecule has 1 aromatic rings. The van der Waals surface area contributed by atoms with Gasteiger partial charge in [0.05, 0.1) is 0 Å². The minimum Gasteiger partial charge on any atom is -0.423 e. The van der Waals surface area contributed by atoms with Crippen molar-refractivity contribution in [2.45, 2.75) is 64.8 Å². The van der Waals surface area contributed by atoms with E-state index in [-0.39, 0.29) is 23.5 Å². The second-order valence-corrected chi connectivity index (χ2v) is 8.19. The molecule has 0 aromatic heterocycles. The number of hydrogen-bond acceptors (Lipinski definition) is 4. The zero-order valence-electron chi connectivity index (χ0n) is 14.8. The first-order chi connectivity index (χ1) is 10.9. The van der Waals surface area contributed by atoms with Gasteiger partial charge in [-0.2, -0.15) is 8.42 Å². The van der Waals surface area contributed by atoms with Crippen molar-refractivity contribution >= 4 is 16.1 Å². The van der Waals surface area contributed by atoms with Gasteiger partial charge >= 0.3 is 21.6 Å². The molecule has 1 atom stereocenters. The maximum atomic E-state index is 13.5. The van der Waals surface area contributed by atoms with Crippen LogP contribution in [0.15, 0.2) is 12.1 Å². The first kappa shape index (κ1) is 20.6. The summed E-state index contributed by atoms with van der Waals surface area (Å²) in [6.07, 6.45) is 0. The van der Waals surface area contributed by atoms with Gasteiger partial charge in [0.1, 0.15) is 5.75 Å². The zero-order chi connectivity index (χ0) is 18.8. The summed E-state index contributed by atoms with van der Waals surface area (Å²) in [5.74, 6) is -1.27. The number of ether oxygens (including phenoxy) is 1. The van der Waals surface area contributed by atoms with Gasteiger partial charge in [-0.3, -0.25) is 4.55 Å². The van der Waals surface area contributed by atoms with E-state index < -0.39 is 21.6 Å². The second kappa shape index (κ2) is 7.61. The molecular weight excluding hydrogens is 335 g/mol. The predicted octanol–water partition coefficient (Wildman–Crippen LogP) is 4.15. The zero-order valence-corrected chi connectivity index (χ0v) is 15.6.